The SMILES string of the molecule is COC(=O)C(CC#CCOc1ccccc1)NS(=O)(=O)c1ccc(N)cc1. The number of rotatable bonds is 7. The van der Waals surface area contributed by atoms with Crippen molar-refractivity contribution in [2.45, 2.75) is 17.4 Å². The normalized spacial score (nSPS) is 11.7. The Bertz CT molecular complexity index is 916. The molecule has 2 rings (SSSR count). The molecule has 2 aromatic rings. The average molecular weight is 388 g/mol. The van der Waals surface area contributed by atoms with Crippen molar-refractivity contribution in [1.82, 2.24) is 4.72 Å². The first kappa shape index (κ1) is 20.3. The van der Waals surface area contributed by atoms with Gasteiger partial charge in [-0.2, -0.15) is 4.72 Å². The van der Waals surface area contributed by atoms with Gasteiger partial charge in [-0.1, -0.05) is 30.0 Å². The maximum atomic E-state index is 12.4. The number of methoxy groups -OCH3 is 1. The van der Waals surface area contributed by atoms with Gasteiger partial charge in [-0.25, -0.2) is 8.42 Å². The summed E-state index contributed by atoms with van der Waals surface area (Å²) in [6, 6.07) is 13.6. The van der Waals surface area contributed by atoms with Gasteiger partial charge in [-0.05, 0) is 36.4 Å². The Morgan fingerprint density at radius 1 is 1.11 bits per heavy atom. The van der Waals surface area contributed by atoms with Crippen LogP contribution in [0.4, 0.5) is 5.69 Å². The van der Waals surface area contributed by atoms with Gasteiger partial charge in [0.1, 0.15) is 18.4 Å². The van der Waals surface area contributed by atoms with Crippen LogP contribution >= 0.6 is 0 Å². The summed E-state index contributed by atoms with van der Waals surface area (Å²) in [4.78, 5) is 11.9. The van der Waals surface area contributed by atoms with E-state index in [4.69, 9.17) is 10.5 Å². The van der Waals surface area contributed by atoms with Crippen LogP contribution in [-0.4, -0.2) is 34.1 Å². The average Bonchev–Trinajstić information content (AvgIpc) is 2.67. The third kappa shape index (κ3) is 6.33. The molecule has 0 fully saturated rings. The summed E-state index contributed by atoms with van der Waals surface area (Å²) in [5.74, 6) is 5.41. The maximum Gasteiger partial charge on any atom is 0.324 e. The van der Waals surface area contributed by atoms with E-state index in [1.54, 1.807) is 12.1 Å². The van der Waals surface area contributed by atoms with Crippen molar-refractivity contribution in [1.29, 1.82) is 0 Å². The molecule has 7 nitrogen and oxygen atoms in total. The number of sulfonamides is 1. The van der Waals surface area contributed by atoms with Gasteiger partial charge >= 0.3 is 5.97 Å². The predicted molar refractivity (Wildman–Crippen MR) is 101 cm³/mol. The van der Waals surface area contributed by atoms with Gasteiger partial charge in [0.25, 0.3) is 0 Å². The van der Waals surface area contributed by atoms with Crippen LogP contribution in [0.2, 0.25) is 0 Å². The lowest BCUT2D eigenvalue weighted by Crippen LogP contribution is -2.41. The second-order valence-corrected chi connectivity index (χ2v) is 7.14. The molecule has 2 aromatic carbocycles. The van der Waals surface area contributed by atoms with Crippen LogP contribution in [0.15, 0.2) is 59.5 Å². The summed E-state index contributed by atoms with van der Waals surface area (Å²) >= 11 is 0. The monoisotopic (exact) mass is 388 g/mol. The van der Waals surface area contributed by atoms with Crippen LogP contribution in [-0.2, 0) is 19.6 Å². The van der Waals surface area contributed by atoms with Gasteiger partial charge in [-0.15, -0.1) is 0 Å². The first-order valence-electron chi connectivity index (χ1n) is 8.01. The molecular formula is C19H20N2O5S. The van der Waals surface area contributed by atoms with Gasteiger partial charge in [0.2, 0.25) is 10.0 Å². The summed E-state index contributed by atoms with van der Waals surface area (Å²) in [6.07, 6.45) is -0.0565. The Kier molecular flexibility index (Phi) is 7.23. The van der Waals surface area contributed by atoms with E-state index in [9.17, 15) is 13.2 Å². The van der Waals surface area contributed by atoms with Crippen molar-refractivity contribution >= 4 is 21.7 Å². The molecule has 0 aliphatic heterocycles. The molecular weight excluding hydrogens is 368 g/mol. The van der Waals surface area contributed by atoms with Crippen molar-refractivity contribution in [3.63, 3.8) is 0 Å². The highest BCUT2D eigenvalue weighted by molar-refractivity contribution is 7.89. The highest BCUT2D eigenvalue weighted by Crippen LogP contribution is 2.13. The van der Waals surface area contributed by atoms with E-state index in [0.29, 0.717) is 11.4 Å². The van der Waals surface area contributed by atoms with E-state index >= 15 is 0 Å². The number of ether oxygens (including phenoxy) is 2. The van der Waals surface area contributed by atoms with Gasteiger partial charge in [0, 0.05) is 12.1 Å². The number of carbonyl (C=O) groups is 1. The number of para-hydroxylation sites is 1. The first-order chi connectivity index (χ1) is 12.9. The van der Waals surface area contributed by atoms with E-state index in [1.807, 2.05) is 18.2 Å². The number of esters is 1. The van der Waals surface area contributed by atoms with E-state index in [1.165, 1.54) is 31.4 Å². The van der Waals surface area contributed by atoms with E-state index in [-0.39, 0.29) is 17.9 Å². The minimum atomic E-state index is -3.92. The number of hydrogen-bond acceptors (Lipinski definition) is 6. The fourth-order valence-corrected chi connectivity index (χ4v) is 3.26. The van der Waals surface area contributed by atoms with Crippen LogP contribution < -0.4 is 15.2 Å². The fourth-order valence-electron chi connectivity index (χ4n) is 2.08. The molecule has 27 heavy (non-hydrogen) atoms. The quantitative estimate of drug-likeness (QED) is 0.423. The molecule has 0 aliphatic carbocycles. The van der Waals surface area contributed by atoms with Crippen molar-refractivity contribution < 1.29 is 22.7 Å². The van der Waals surface area contributed by atoms with Crippen molar-refractivity contribution in [3.05, 3.63) is 54.6 Å². The van der Waals surface area contributed by atoms with Crippen molar-refractivity contribution in [2.24, 2.45) is 0 Å². The number of nitrogens with two attached hydrogens (primary N) is 1. The third-order valence-electron chi connectivity index (χ3n) is 3.46. The Labute approximate surface area is 158 Å². The lowest BCUT2D eigenvalue weighted by molar-refractivity contribution is -0.142. The molecule has 0 heterocycles. The van der Waals surface area contributed by atoms with Crippen molar-refractivity contribution in [2.75, 3.05) is 19.5 Å². The van der Waals surface area contributed by atoms with Gasteiger partial charge < -0.3 is 15.2 Å². The van der Waals surface area contributed by atoms with Crippen LogP contribution in [0.5, 0.6) is 5.75 Å². The number of anilines is 1. The molecule has 0 saturated heterocycles. The minimum absolute atomic E-state index is 0.00836. The Morgan fingerprint density at radius 3 is 2.41 bits per heavy atom. The lowest BCUT2D eigenvalue weighted by Gasteiger charge is -2.14. The second kappa shape index (κ2) is 9.62. The predicted octanol–water partition coefficient (Wildman–Crippen LogP) is 1.56. The van der Waals surface area contributed by atoms with Crippen LogP contribution in [0.1, 0.15) is 6.42 Å². The summed E-state index contributed by atoms with van der Waals surface area (Å²) in [5, 5.41) is 0. The van der Waals surface area contributed by atoms with Gasteiger partial charge in [0.15, 0.2) is 0 Å². The van der Waals surface area contributed by atoms with E-state index < -0.39 is 22.0 Å². The second-order valence-electron chi connectivity index (χ2n) is 5.43. The molecule has 0 amide bonds. The summed E-state index contributed by atoms with van der Waals surface area (Å²) in [6.45, 7) is 0.114. The number of benzene rings is 2. The first-order valence-corrected chi connectivity index (χ1v) is 9.50. The zero-order valence-corrected chi connectivity index (χ0v) is 15.5. The molecule has 142 valence electrons. The Morgan fingerprint density at radius 2 is 1.78 bits per heavy atom. The van der Waals surface area contributed by atoms with E-state index in [0.717, 1.165) is 0 Å². The number of nitrogen functional groups attached to an aromatic ring is 1. The number of nitrogens with one attached hydrogen (secondary N) is 1. The smallest absolute Gasteiger partial charge is 0.324 e. The molecule has 0 aromatic heterocycles. The molecule has 0 bridgehead atoms. The summed E-state index contributed by atoms with van der Waals surface area (Å²) in [7, 11) is -2.74. The van der Waals surface area contributed by atoms with E-state index in [2.05, 4.69) is 21.3 Å². The van der Waals surface area contributed by atoms with Crippen LogP contribution in [0.25, 0.3) is 0 Å². The van der Waals surface area contributed by atoms with Gasteiger partial charge in [0.05, 0.1) is 12.0 Å². The number of hydrogen-bond donors (Lipinski definition) is 2. The molecule has 0 spiro atoms. The third-order valence-corrected chi connectivity index (χ3v) is 4.95. The molecule has 0 saturated carbocycles. The maximum absolute atomic E-state index is 12.4. The number of carbonyl (C=O) groups excluding carboxylic acids is 1. The van der Waals surface area contributed by atoms with Crippen LogP contribution in [0, 0.1) is 11.8 Å². The van der Waals surface area contributed by atoms with Crippen LogP contribution in [0.3, 0.4) is 0 Å². The molecule has 1 atom stereocenters. The molecule has 0 radical (unpaired) electrons. The minimum Gasteiger partial charge on any atom is -0.481 e. The van der Waals surface area contributed by atoms with Crippen molar-refractivity contribution in [3.8, 4) is 17.6 Å². The fraction of sp³-hybridized carbons (Fsp3) is 0.211. The molecule has 8 heteroatoms. The summed E-state index contributed by atoms with van der Waals surface area (Å²) < 4.78 is 37.2. The Hall–Kier alpha value is -3.02. The zero-order chi connectivity index (χ0) is 19.7. The van der Waals surface area contributed by atoms with Gasteiger partial charge in [-0.3, -0.25) is 4.79 Å². The highest BCUT2D eigenvalue weighted by Gasteiger charge is 2.25. The largest absolute Gasteiger partial charge is 0.481 e. The Balaban J connectivity index is 2.00. The summed E-state index contributed by atoms with van der Waals surface area (Å²) in [5.41, 5.74) is 5.99. The molecule has 0 aliphatic rings. The molecule has 1 unspecified atom stereocenters. The standard InChI is InChI=1S/C19H20N2O5S/c1-25-19(22)18(9-5-6-14-26-16-7-3-2-4-8-16)21-27(23,24)17-12-10-15(20)11-13-17/h2-4,7-8,10-13,18,21H,9,14,20H2,1H3. The molecule has 3 N–H and O–H groups in total. The lowest BCUT2D eigenvalue weighted by atomic mass is 10.2. The topological polar surface area (TPSA) is 108 Å². The highest BCUT2D eigenvalue weighted by atomic mass is 32.2. The zero-order valence-electron chi connectivity index (χ0n) is 14.7.